The first-order chi connectivity index (χ1) is 8.77. The van der Waals surface area contributed by atoms with Crippen molar-refractivity contribution in [1.29, 1.82) is 0 Å². The summed E-state index contributed by atoms with van der Waals surface area (Å²) in [6.07, 6.45) is 2.39. The highest BCUT2D eigenvalue weighted by Gasteiger charge is 2.43. The van der Waals surface area contributed by atoms with Crippen molar-refractivity contribution in [3.8, 4) is 0 Å². The lowest BCUT2D eigenvalue weighted by Crippen LogP contribution is -2.45. The first kappa shape index (κ1) is 16.0. The summed E-state index contributed by atoms with van der Waals surface area (Å²) in [5.74, 6) is -0.228. The summed E-state index contributed by atoms with van der Waals surface area (Å²) in [7, 11) is 0. The summed E-state index contributed by atoms with van der Waals surface area (Å²) >= 11 is 0. The van der Waals surface area contributed by atoms with Gasteiger partial charge in [0.2, 0.25) is 0 Å². The number of cyclic esters (lactones) is 1. The minimum Gasteiger partial charge on any atom is -0.465 e. The summed E-state index contributed by atoms with van der Waals surface area (Å²) in [6, 6.07) is 0. The Labute approximate surface area is 115 Å². The Balaban J connectivity index is 2.79. The molecule has 1 aliphatic rings. The molecule has 4 nitrogen and oxygen atoms in total. The van der Waals surface area contributed by atoms with Gasteiger partial charge >= 0.3 is 11.9 Å². The number of carbonyl (C=O) groups is 2. The quantitative estimate of drug-likeness (QED) is 0.720. The van der Waals surface area contributed by atoms with Gasteiger partial charge in [0.05, 0.1) is 18.4 Å². The zero-order chi connectivity index (χ0) is 14.7. The Morgan fingerprint density at radius 1 is 1.53 bits per heavy atom. The van der Waals surface area contributed by atoms with E-state index in [1.165, 1.54) is 0 Å². The molecule has 1 fully saturated rings. The Morgan fingerprint density at radius 2 is 2.16 bits per heavy atom. The van der Waals surface area contributed by atoms with E-state index < -0.39 is 11.0 Å². The van der Waals surface area contributed by atoms with Crippen LogP contribution < -0.4 is 0 Å². The topological polar surface area (TPSA) is 52.6 Å². The molecule has 4 heteroatoms. The van der Waals surface area contributed by atoms with Crippen molar-refractivity contribution in [1.82, 2.24) is 0 Å². The molecular weight excluding hydrogens is 244 g/mol. The zero-order valence-corrected chi connectivity index (χ0v) is 12.7. The van der Waals surface area contributed by atoms with Gasteiger partial charge in [-0.05, 0) is 26.2 Å². The van der Waals surface area contributed by atoms with Crippen LogP contribution >= 0.6 is 0 Å². The fraction of sp³-hybridized carbons (Fsp3) is 0.867. The van der Waals surface area contributed by atoms with Gasteiger partial charge in [0.25, 0.3) is 0 Å². The van der Waals surface area contributed by atoms with Gasteiger partial charge in [0.15, 0.2) is 0 Å². The van der Waals surface area contributed by atoms with E-state index in [4.69, 9.17) is 9.47 Å². The molecule has 3 atom stereocenters. The standard InChI is InChI=1S/C15H26O4/c1-6-11(3)15(5,7-2)13(17)19-14(4)8-9-18-12(16)10-14/h11H,6-10H2,1-5H3. The highest BCUT2D eigenvalue weighted by Crippen LogP contribution is 2.37. The average Bonchev–Trinajstić information content (AvgIpc) is 2.35. The van der Waals surface area contributed by atoms with E-state index in [1.807, 2.05) is 20.8 Å². The SMILES string of the molecule is CCC(C)C(C)(CC)C(=O)OC1(C)CCOC(=O)C1. The normalized spacial score (nSPS) is 28.2. The van der Waals surface area contributed by atoms with Gasteiger partial charge in [-0.1, -0.05) is 27.2 Å². The van der Waals surface area contributed by atoms with Gasteiger partial charge in [-0.15, -0.1) is 0 Å². The summed E-state index contributed by atoms with van der Waals surface area (Å²) < 4.78 is 10.6. The molecule has 19 heavy (non-hydrogen) atoms. The van der Waals surface area contributed by atoms with Crippen LogP contribution in [0.5, 0.6) is 0 Å². The highest BCUT2D eigenvalue weighted by atomic mass is 16.6. The molecule has 0 aromatic carbocycles. The maximum Gasteiger partial charge on any atom is 0.312 e. The van der Waals surface area contributed by atoms with E-state index in [2.05, 4.69) is 13.8 Å². The van der Waals surface area contributed by atoms with E-state index in [1.54, 1.807) is 0 Å². The number of hydrogen-bond acceptors (Lipinski definition) is 4. The monoisotopic (exact) mass is 270 g/mol. The third-order valence-corrected chi connectivity index (χ3v) is 4.65. The average molecular weight is 270 g/mol. The second kappa shape index (κ2) is 5.93. The lowest BCUT2D eigenvalue weighted by Gasteiger charge is -2.38. The maximum atomic E-state index is 12.5. The second-order valence-corrected chi connectivity index (χ2v) is 6.07. The van der Waals surface area contributed by atoms with Crippen LogP contribution in [0.2, 0.25) is 0 Å². The van der Waals surface area contributed by atoms with Crippen molar-refractivity contribution < 1.29 is 19.1 Å². The van der Waals surface area contributed by atoms with Gasteiger partial charge in [-0.2, -0.15) is 0 Å². The number of ether oxygens (including phenoxy) is 2. The van der Waals surface area contributed by atoms with Crippen LogP contribution in [0.4, 0.5) is 0 Å². The lowest BCUT2D eigenvalue weighted by molar-refractivity contribution is -0.185. The summed E-state index contributed by atoms with van der Waals surface area (Å²) in [4.78, 5) is 23.9. The van der Waals surface area contributed by atoms with Gasteiger partial charge in [-0.3, -0.25) is 9.59 Å². The van der Waals surface area contributed by atoms with Crippen molar-refractivity contribution in [2.24, 2.45) is 11.3 Å². The third kappa shape index (κ3) is 3.48. The second-order valence-electron chi connectivity index (χ2n) is 6.07. The van der Waals surface area contributed by atoms with Crippen molar-refractivity contribution in [2.75, 3.05) is 6.61 Å². The van der Waals surface area contributed by atoms with Gasteiger partial charge < -0.3 is 9.47 Å². The molecule has 1 saturated heterocycles. The molecule has 0 spiro atoms. The smallest absolute Gasteiger partial charge is 0.312 e. The molecule has 0 aliphatic carbocycles. The van der Waals surface area contributed by atoms with Crippen LogP contribution in [0.25, 0.3) is 0 Å². The van der Waals surface area contributed by atoms with Crippen LogP contribution in [0.15, 0.2) is 0 Å². The summed E-state index contributed by atoms with van der Waals surface area (Å²) in [6.45, 7) is 10.2. The largest absolute Gasteiger partial charge is 0.465 e. The minimum absolute atomic E-state index is 0.152. The molecular formula is C15H26O4. The Bertz CT molecular complexity index is 352. The molecule has 0 amide bonds. The molecule has 0 bridgehead atoms. The summed E-state index contributed by atoms with van der Waals surface area (Å²) in [5, 5.41) is 0. The Kier molecular flexibility index (Phi) is 4.99. The van der Waals surface area contributed by atoms with E-state index in [0.29, 0.717) is 13.0 Å². The predicted molar refractivity (Wildman–Crippen MR) is 72.5 cm³/mol. The van der Waals surface area contributed by atoms with Gasteiger partial charge in [0.1, 0.15) is 5.60 Å². The Morgan fingerprint density at radius 3 is 2.63 bits per heavy atom. The molecule has 110 valence electrons. The molecule has 1 heterocycles. The van der Waals surface area contributed by atoms with E-state index in [-0.39, 0.29) is 24.3 Å². The number of rotatable bonds is 5. The van der Waals surface area contributed by atoms with E-state index in [9.17, 15) is 9.59 Å². The molecule has 3 unspecified atom stereocenters. The van der Waals surface area contributed by atoms with Crippen molar-refractivity contribution in [3.05, 3.63) is 0 Å². The van der Waals surface area contributed by atoms with Crippen LogP contribution in [-0.2, 0) is 19.1 Å². The summed E-state index contributed by atoms with van der Waals surface area (Å²) in [5.41, 5.74) is -1.20. The Hall–Kier alpha value is -1.06. The van der Waals surface area contributed by atoms with Gasteiger partial charge in [0, 0.05) is 6.42 Å². The highest BCUT2D eigenvalue weighted by molar-refractivity contribution is 5.78. The van der Waals surface area contributed by atoms with Crippen LogP contribution in [0.3, 0.4) is 0 Å². The number of hydrogen-bond donors (Lipinski definition) is 0. The first-order valence-electron chi connectivity index (χ1n) is 7.16. The number of carbonyl (C=O) groups excluding carboxylic acids is 2. The molecule has 0 aromatic heterocycles. The molecule has 0 aromatic rings. The predicted octanol–water partition coefficient (Wildman–Crippen LogP) is 3.09. The minimum atomic E-state index is -0.712. The fourth-order valence-electron chi connectivity index (χ4n) is 2.40. The zero-order valence-electron chi connectivity index (χ0n) is 12.7. The molecule has 0 saturated carbocycles. The van der Waals surface area contributed by atoms with Gasteiger partial charge in [-0.25, -0.2) is 0 Å². The van der Waals surface area contributed by atoms with E-state index >= 15 is 0 Å². The van der Waals surface area contributed by atoms with Crippen molar-refractivity contribution >= 4 is 11.9 Å². The first-order valence-corrected chi connectivity index (χ1v) is 7.16. The van der Waals surface area contributed by atoms with E-state index in [0.717, 1.165) is 12.8 Å². The van der Waals surface area contributed by atoms with Crippen LogP contribution in [0.1, 0.15) is 60.3 Å². The maximum absolute atomic E-state index is 12.5. The third-order valence-electron chi connectivity index (χ3n) is 4.65. The van der Waals surface area contributed by atoms with Crippen molar-refractivity contribution in [2.45, 2.75) is 65.9 Å². The molecule has 0 N–H and O–H groups in total. The van der Waals surface area contributed by atoms with Crippen LogP contribution in [-0.4, -0.2) is 24.1 Å². The van der Waals surface area contributed by atoms with Crippen LogP contribution in [0, 0.1) is 11.3 Å². The van der Waals surface area contributed by atoms with Crippen molar-refractivity contribution in [3.63, 3.8) is 0 Å². The number of esters is 2. The molecule has 1 aliphatic heterocycles. The lowest BCUT2D eigenvalue weighted by atomic mass is 9.74. The fourth-order valence-corrected chi connectivity index (χ4v) is 2.40. The molecule has 1 rings (SSSR count). The molecule has 0 radical (unpaired) electrons.